The van der Waals surface area contributed by atoms with E-state index in [2.05, 4.69) is 25.3 Å². The van der Waals surface area contributed by atoms with Crippen LogP contribution in [0.5, 0.6) is 0 Å². The summed E-state index contributed by atoms with van der Waals surface area (Å²) in [6.07, 6.45) is -11.3. The van der Waals surface area contributed by atoms with E-state index in [4.69, 9.17) is 0 Å². The highest BCUT2D eigenvalue weighted by molar-refractivity contribution is 8.03. The number of halogens is 6. The first-order valence-corrected chi connectivity index (χ1v) is 21.8. The Balaban J connectivity index is 1.57. The Hall–Kier alpha value is -1.60. The summed E-state index contributed by atoms with van der Waals surface area (Å²) in [6.45, 7) is -0.0957. The lowest BCUT2D eigenvalue weighted by molar-refractivity contribution is -0.288. The van der Waals surface area contributed by atoms with Crippen molar-refractivity contribution in [3.63, 3.8) is 0 Å². The summed E-state index contributed by atoms with van der Waals surface area (Å²) in [5.41, 5.74) is -9.09. The molecule has 0 fully saturated rings. The van der Waals surface area contributed by atoms with Crippen LogP contribution in [0.25, 0.3) is 0 Å². The number of nitrogens with zero attached hydrogens (tertiary/aromatic N) is 2. The van der Waals surface area contributed by atoms with Crippen molar-refractivity contribution >= 4 is 95.9 Å². The van der Waals surface area contributed by atoms with E-state index in [0.717, 1.165) is 68.0 Å². The Kier molecular flexibility index (Phi) is 15.4. The summed E-state index contributed by atoms with van der Waals surface area (Å²) in [5.74, 6) is 4.41. The second-order valence-electron chi connectivity index (χ2n) is 11.4. The van der Waals surface area contributed by atoms with Gasteiger partial charge in [-0.25, -0.2) is 0 Å². The number of benzene rings is 2. The second kappa shape index (κ2) is 18.6. The molecule has 4 rings (SSSR count). The molecular formula is C33H36F6N2O4S6. The second-order valence-corrected chi connectivity index (χ2v) is 17.2. The van der Waals surface area contributed by atoms with Crippen LogP contribution in [-0.2, 0) is 5.41 Å². The van der Waals surface area contributed by atoms with Crippen LogP contribution >= 0.6 is 72.3 Å². The van der Waals surface area contributed by atoms with Gasteiger partial charge in [-0.1, -0.05) is 12.1 Å². The highest BCUT2D eigenvalue weighted by Gasteiger charge is 2.73. The van der Waals surface area contributed by atoms with Crippen molar-refractivity contribution in [3.05, 3.63) is 69.8 Å². The number of imide groups is 2. The summed E-state index contributed by atoms with van der Waals surface area (Å²) in [7, 11) is 0. The topological polar surface area (TPSA) is 74.8 Å². The van der Waals surface area contributed by atoms with Gasteiger partial charge in [-0.05, 0) is 71.2 Å². The molecule has 2 aliphatic rings. The zero-order valence-electron chi connectivity index (χ0n) is 27.2. The first-order chi connectivity index (χ1) is 24.2. The standard InChI is InChI=1S/C33H36F6N2O4S6/c34-32(35,36)31(33(37,38)39,21-3-5-23-25(19-21)29(44)40(27(23)42)7-1-11-48-15-17-50-13-9-46)22-4-6-24-26(20-22)30(45)41(28(24)43)8-2-12-49-16-18-51-14-10-47/h3-6,19-20,46-47H,1-2,7-18H2. The smallest absolute Gasteiger partial charge is 0.274 e. The van der Waals surface area contributed by atoms with Gasteiger partial charge in [-0.3, -0.25) is 29.0 Å². The Morgan fingerprint density at radius 2 is 0.824 bits per heavy atom. The molecule has 0 saturated carbocycles. The van der Waals surface area contributed by atoms with Gasteiger partial charge in [0.25, 0.3) is 23.6 Å². The molecule has 0 radical (unpaired) electrons. The third-order valence-electron chi connectivity index (χ3n) is 8.21. The first-order valence-electron chi connectivity index (χ1n) is 15.9. The van der Waals surface area contributed by atoms with E-state index < -0.39 is 63.7 Å². The van der Waals surface area contributed by atoms with E-state index >= 15 is 26.3 Å². The van der Waals surface area contributed by atoms with Gasteiger partial charge < -0.3 is 0 Å². The Morgan fingerprint density at radius 3 is 1.16 bits per heavy atom. The van der Waals surface area contributed by atoms with E-state index in [0.29, 0.717) is 48.6 Å². The number of hydrogen-bond donors (Lipinski definition) is 2. The molecule has 0 spiro atoms. The van der Waals surface area contributed by atoms with Crippen LogP contribution in [0, 0.1) is 0 Å². The highest BCUT2D eigenvalue weighted by Crippen LogP contribution is 2.57. The van der Waals surface area contributed by atoms with Gasteiger partial charge in [-0.2, -0.15) is 98.6 Å². The van der Waals surface area contributed by atoms with Crippen molar-refractivity contribution in [2.75, 3.05) is 70.6 Å². The van der Waals surface area contributed by atoms with Gasteiger partial charge in [0, 0.05) is 47.6 Å². The molecule has 2 aliphatic heterocycles. The predicted molar refractivity (Wildman–Crippen MR) is 203 cm³/mol. The fourth-order valence-electron chi connectivity index (χ4n) is 5.86. The molecule has 0 N–H and O–H groups in total. The molecule has 18 heteroatoms. The molecule has 0 unspecified atom stereocenters. The third-order valence-corrected chi connectivity index (χ3v) is 13.9. The molecule has 0 aromatic heterocycles. The van der Waals surface area contributed by atoms with Crippen LogP contribution in [0.2, 0.25) is 0 Å². The minimum Gasteiger partial charge on any atom is -0.274 e. The lowest BCUT2D eigenvalue weighted by Crippen LogP contribution is -2.55. The summed E-state index contributed by atoms with van der Waals surface area (Å²) in [4.78, 5) is 54.2. The number of alkyl halides is 6. The lowest BCUT2D eigenvalue weighted by Gasteiger charge is -2.38. The number of rotatable bonds is 20. The van der Waals surface area contributed by atoms with Gasteiger partial charge in [0.05, 0.1) is 22.3 Å². The molecule has 6 nitrogen and oxygen atoms in total. The van der Waals surface area contributed by atoms with Crippen LogP contribution in [0.1, 0.15) is 65.4 Å². The number of fused-ring (bicyclic) bond motifs is 2. The summed E-state index contributed by atoms with van der Waals surface area (Å²) < 4.78 is 90.4. The van der Waals surface area contributed by atoms with Gasteiger partial charge in [0.1, 0.15) is 0 Å². The van der Waals surface area contributed by atoms with Gasteiger partial charge >= 0.3 is 12.4 Å². The fraction of sp³-hybridized carbons (Fsp3) is 0.515. The first kappa shape index (κ1) is 42.1. The molecule has 51 heavy (non-hydrogen) atoms. The van der Waals surface area contributed by atoms with E-state index in [9.17, 15) is 19.2 Å². The molecule has 2 heterocycles. The van der Waals surface area contributed by atoms with Crippen molar-refractivity contribution < 1.29 is 45.5 Å². The Bertz CT molecular complexity index is 1480. The van der Waals surface area contributed by atoms with E-state index in [-0.39, 0.29) is 24.2 Å². The molecule has 0 atom stereocenters. The predicted octanol–water partition coefficient (Wildman–Crippen LogP) is 7.86. The van der Waals surface area contributed by atoms with Crippen LogP contribution < -0.4 is 0 Å². The van der Waals surface area contributed by atoms with Crippen molar-refractivity contribution in [2.24, 2.45) is 0 Å². The molecule has 2 aromatic carbocycles. The van der Waals surface area contributed by atoms with Crippen LogP contribution in [0.15, 0.2) is 36.4 Å². The van der Waals surface area contributed by atoms with Gasteiger partial charge in [-0.15, -0.1) is 0 Å². The number of carbonyl (C=O) groups excluding carboxylic acids is 4. The fourth-order valence-corrected chi connectivity index (χ4v) is 10.3. The number of carbonyl (C=O) groups is 4. The maximum absolute atomic E-state index is 15.1. The van der Waals surface area contributed by atoms with E-state index in [1.165, 1.54) is 0 Å². The van der Waals surface area contributed by atoms with Crippen molar-refractivity contribution in [2.45, 2.75) is 30.6 Å². The summed E-state index contributed by atoms with van der Waals surface area (Å²) in [5, 5.41) is 0. The zero-order valence-corrected chi connectivity index (χ0v) is 32.2. The molecule has 280 valence electrons. The van der Waals surface area contributed by atoms with Crippen molar-refractivity contribution in [1.29, 1.82) is 0 Å². The monoisotopic (exact) mass is 830 g/mol. The van der Waals surface area contributed by atoms with E-state index in [1.54, 1.807) is 47.0 Å². The quantitative estimate of drug-likeness (QED) is 0.0606. The van der Waals surface area contributed by atoms with Crippen molar-refractivity contribution in [1.82, 2.24) is 9.80 Å². The number of amides is 4. The highest BCUT2D eigenvalue weighted by atomic mass is 32.2. The third kappa shape index (κ3) is 9.20. The summed E-state index contributed by atoms with van der Waals surface area (Å²) >= 11 is 15.0. The number of thioether (sulfide) groups is 4. The SMILES string of the molecule is O=C1c2ccc(C(c3ccc4c(c3)C(=O)N(CCCSCCSCCS)C4=O)(C(F)(F)F)C(F)(F)F)cc2C(=O)N1CCCSCCSCCS. The molecule has 2 aromatic rings. The van der Waals surface area contributed by atoms with Gasteiger partial charge in [0.15, 0.2) is 0 Å². The minimum atomic E-state index is -6.02. The maximum atomic E-state index is 15.1. The number of thiol groups is 2. The van der Waals surface area contributed by atoms with Crippen LogP contribution in [-0.4, -0.2) is 116 Å². The van der Waals surface area contributed by atoms with Gasteiger partial charge in [0.2, 0.25) is 5.41 Å². The zero-order chi connectivity index (χ0) is 37.4. The van der Waals surface area contributed by atoms with Crippen LogP contribution in [0.4, 0.5) is 26.3 Å². The molecular weight excluding hydrogens is 795 g/mol. The normalized spacial score (nSPS) is 15.0. The molecule has 4 amide bonds. The molecule has 0 bridgehead atoms. The van der Waals surface area contributed by atoms with E-state index in [1.807, 2.05) is 0 Å². The lowest BCUT2D eigenvalue weighted by atomic mass is 9.71. The minimum absolute atomic E-state index is 0.0478. The van der Waals surface area contributed by atoms with Crippen LogP contribution in [0.3, 0.4) is 0 Å². The Labute approximate surface area is 320 Å². The maximum Gasteiger partial charge on any atom is 0.411 e. The molecule has 0 saturated heterocycles. The Morgan fingerprint density at radius 1 is 0.490 bits per heavy atom. The van der Waals surface area contributed by atoms with Crippen molar-refractivity contribution in [3.8, 4) is 0 Å². The average Bonchev–Trinajstić information content (AvgIpc) is 3.45. The summed E-state index contributed by atoms with van der Waals surface area (Å²) in [6, 6.07) is 3.68. The largest absolute Gasteiger partial charge is 0.411 e. The molecule has 0 aliphatic carbocycles. The average molecular weight is 831 g/mol. The number of hydrogen-bond acceptors (Lipinski definition) is 10.